The van der Waals surface area contributed by atoms with Crippen LogP contribution in [0.3, 0.4) is 0 Å². The van der Waals surface area contributed by atoms with Gasteiger partial charge in [0.25, 0.3) is 0 Å². The molecule has 0 radical (unpaired) electrons. The van der Waals surface area contributed by atoms with E-state index in [0.717, 1.165) is 61.5 Å². The van der Waals surface area contributed by atoms with Crippen molar-refractivity contribution in [3.05, 3.63) is 23.4 Å². The van der Waals surface area contributed by atoms with Gasteiger partial charge in [-0.05, 0) is 37.8 Å². The number of hydrogen-bond donors (Lipinski definition) is 1. The van der Waals surface area contributed by atoms with E-state index in [9.17, 15) is 0 Å². The molecule has 1 fully saturated rings. The van der Waals surface area contributed by atoms with Crippen LogP contribution >= 0.6 is 11.6 Å². The van der Waals surface area contributed by atoms with Crippen molar-refractivity contribution >= 4 is 28.3 Å². The van der Waals surface area contributed by atoms with Gasteiger partial charge in [0.05, 0.1) is 23.3 Å². The van der Waals surface area contributed by atoms with Gasteiger partial charge >= 0.3 is 0 Å². The van der Waals surface area contributed by atoms with E-state index >= 15 is 0 Å². The molecule has 1 aliphatic heterocycles. The van der Waals surface area contributed by atoms with E-state index in [1.807, 2.05) is 12.1 Å². The molecular formula is C16H21ClN4O. The number of hydrogen-bond acceptors (Lipinski definition) is 5. The standard InChI is InChI=1S/C16H21ClN4O/c1-22-14-3-2-13-15(20-14)16(12(17)10-19-13)21-8-5-11(4-7-18)6-9-21/h2-3,10-11H,4-9,18H2,1H3. The molecule has 118 valence electrons. The van der Waals surface area contributed by atoms with Crippen molar-refractivity contribution in [2.24, 2.45) is 11.7 Å². The number of ether oxygens (including phenoxy) is 1. The fourth-order valence-corrected chi connectivity index (χ4v) is 3.37. The highest BCUT2D eigenvalue weighted by Gasteiger charge is 2.23. The largest absolute Gasteiger partial charge is 0.481 e. The summed E-state index contributed by atoms with van der Waals surface area (Å²) in [7, 11) is 1.62. The zero-order valence-electron chi connectivity index (χ0n) is 12.8. The summed E-state index contributed by atoms with van der Waals surface area (Å²) in [5.41, 5.74) is 8.28. The monoisotopic (exact) mass is 320 g/mol. The average molecular weight is 321 g/mol. The highest BCUT2D eigenvalue weighted by Crippen LogP contribution is 2.35. The summed E-state index contributed by atoms with van der Waals surface area (Å²) in [6.45, 7) is 2.72. The first-order valence-electron chi connectivity index (χ1n) is 7.67. The minimum absolute atomic E-state index is 0.579. The van der Waals surface area contributed by atoms with Crippen LogP contribution in [-0.2, 0) is 0 Å². The minimum Gasteiger partial charge on any atom is -0.481 e. The van der Waals surface area contributed by atoms with Crippen molar-refractivity contribution in [2.45, 2.75) is 19.3 Å². The molecule has 0 saturated carbocycles. The molecule has 22 heavy (non-hydrogen) atoms. The summed E-state index contributed by atoms with van der Waals surface area (Å²) < 4.78 is 5.24. The zero-order valence-corrected chi connectivity index (χ0v) is 13.5. The van der Waals surface area contributed by atoms with Gasteiger partial charge in [-0.1, -0.05) is 11.6 Å². The molecule has 3 heterocycles. The zero-order chi connectivity index (χ0) is 15.5. The van der Waals surface area contributed by atoms with Gasteiger partial charge in [-0.25, -0.2) is 4.98 Å². The van der Waals surface area contributed by atoms with E-state index in [4.69, 9.17) is 22.1 Å². The predicted octanol–water partition coefficient (Wildman–Crippen LogP) is 2.86. The SMILES string of the molecule is COc1ccc2ncc(Cl)c(N3CCC(CCN)CC3)c2n1. The summed E-state index contributed by atoms with van der Waals surface area (Å²) in [6, 6.07) is 3.74. The third kappa shape index (κ3) is 2.96. The first-order valence-corrected chi connectivity index (χ1v) is 8.05. The second kappa shape index (κ2) is 6.67. The highest BCUT2D eigenvalue weighted by atomic mass is 35.5. The van der Waals surface area contributed by atoms with E-state index in [0.29, 0.717) is 10.9 Å². The maximum Gasteiger partial charge on any atom is 0.213 e. The van der Waals surface area contributed by atoms with Crippen molar-refractivity contribution < 1.29 is 4.74 Å². The summed E-state index contributed by atoms with van der Waals surface area (Å²) >= 11 is 6.42. The van der Waals surface area contributed by atoms with Crippen LogP contribution in [0.5, 0.6) is 5.88 Å². The van der Waals surface area contributed by atoms with Gasteiger partial charge in [0.15, 0.2) is 0 Å². The molecule has 0 spiro atoms. The summed E-state index contributed by atoms with van der Waals surface area (Å²) in [5, 5.41) is 0.644. The van der Waals surface area contributed by atoms with E-state index in [-0.39, 0.29) is 0 Å². The summed E-state index contributed by atoms with van der Waals surface area (Å²) in [6.07, 6.45) is 5.09. The van der Waals surface area contributed by atoms with Crippen LogP contribution in [0.4, 0.5) is 5.69 Å². The Morgan fingerprint density at radius 2 is 2.14 bits per heavy atom. The Balaban J connectivity index is 1.94. The maximum absolute atomic E-state index is 6.42. The fourth-order valence-electron chi connectivity index (χ4n) is 3.11. The van der Waals surface area contributed by atoms with Crippen LogP contribution < -0.4 is 15.4 Å². The molecule has 2 aromatic heterocycles. The van der Waals surface area contributed by atoms with Crippen molar-refractivity contribution in [2.75, 3.05) is 31.6 Å². The molecule has 6 heteroatoms. The minimum atomic E-state index is 0.579. The molecule has 1 aliphatic rings. The fraction of sp³-hybridized carbons (Fsp3) is 0.500. The van der Waals surface area contributed by atoms with E-state index in [1.54, 1.807) is 13.3 Å². The third-order valence-corrected chi connectivity index (χ3v) is 4.61. The Bertz CT molecular complexity index is 656. The van der Waals surface area contributed by atoms with Gasteiger partial charge in [0.2, 0.25) is 5.88 Å². The molecule has 0 aromatic carbocycles. The Hall–Kier alpha value is -1.59. The number of aromatic nitrogens is 2. The van der Waals surface area contributed by atoms with Gasteiger partial charge in [0.1, 0.15) is 5.52 Å². The number of anilines is 1. The number of piperidine rings is 1. The summed E-state index contributed by atoms with van der Waals surface area (Å²) in [4.78, 5) is 11.2. The van der Waals surface area contributed by atoms with Gasteiger partial charge in [0, 0.05) is 25.4 Å². The topological polar surface area (TPSA) is 64.3 Å². The van der Waals surface area contributed by atoms with E-state index in [2.05, 4.69) is 14.9 Å². The Morgan fingerprint density at radius 1 is 1.36 bits per heavy atom. The van der Waals surface area contributed by atoms with Crippen LogP contribution in [0.15, 0.2) is 18.3 Å². The van der Waals surface area contributed by atoms with Crippen LogP contribution in [-0.4, -0.2) is 36.7 Å². The second-order valence-electron chi connectivity index (χ2n) is 5.68. The molecule has 0 unspecified atom stereocenters. The van der Waals surface area contributed by atoms with Crippen molar-refractivity contribution in [1.29, 1.82) is 0 Å². The first-order chi connectivity index (χ1) is 10.7. The van der Waals surface area contributed by atoms with Crippen LogP contribution in [0, 0.1) is 5.92 Å². The Morgan fingerprint density at radius 3 is 2.82 bits per heavy atom. The highest BCUT2D eigenvalue weighted by molar-refractivity contribution is 6.34. The van der Waals surface area contributed by atoms with Gasteiger partial charge in [-0.2, -0.15) is 0 Å². The van der Waals surface area contributed by atoms with E-state index in [1.165, 1.54) is 0 Å². The van der Waals surface area contributed by atoms with E-state index < -0.39 is 0 Å². The molecule has 2 aromatic rings. The number of halogens is 1. The smallest absolute Gasteiger partial charge is 0.213 e. The number of pyridine rings is 2. The molecule has 0 atom stereocenters. The normalized spacial score (nSPS) is 16.2. The van der Waals surface area contributed by atoms with Crippen LogP contribution in [0.2, 0.25) is 5.02 Å². The molecule has 0 bridgehead atoms. The lowest BCUT2D eigenvalue weighted by molar-refractivity contribution is 0.386. The molecule has 3 rings (SSSR count). The lowest BCUT2D eigenvalue weighted by Gasteiger charge is -2.34. The number of nitrogens with two attached hydrogens (primary N) is 1. The number of methoxy groups -OCH3 is 1. The van der Waals surface area contributed by atoms with Crippen molar-refractivity contribution in [3.63, 3.8) is 0 Å². The molecule has 0 aliphatic carbocycles. The van der Waals surface area contributed by atoms with Gasteiger partial charge in [-0.3, -0.25) is 4.98 Å². The van der Waals surface area contributed by atoms with Gasteiger partial charge in [-0.15, -0.1) is 0 Å². The van der Waals surface area contributed by atoms with Gasteiger partial charge < -0.3 is 15.4 Å². The number of rotatable bonds is 4. The molecule has 0 amide bonds. The lowest BCUT2D eigenvalue weighted by atomic mass is 9.93. The first kappa shape index (κ1) is 15.3. The number of nitrogens with zero attached hydrogens (tertiary/aromatic N) is 3. The average Bonchev–Trinajstić information content (AvgIpc) is 2.55. The van der Waals surface area contributed by atoms with Crippen LogP contribution in [0.1, 0.15) is 19.3 Å². The molecular weight excluding hydrogens is 300 g/mol. The Kier molecular flexibility index (Phi) is 4.64. The molecule has 5 nitrogen and oxygen atoms in total. The third-order valence-electron chi connectivity index (χ3n) is 4.33. The van der Waals surface area contributed by atoms with Crippen molar-refractivity contribution in [3.8, 4) is 5.88 Å². The predicted molar refractivity (Wildman–Crippen MR) is 89.7 cm³/mol. The molecule has 2 N–H and O–H groups in total. The summed E-state index contributed by atoms with van der Waals surface area (Å²) in [5.74, 6) is 1.30. The van der Waals surface area contributed by atoms with Crippen LogP contribution in [0.25, 0.3) is 11.0 Å². The molecule has 1 saturated heterocycles. The maximum atomic E-state index is 6.42. The van der Waals surface area contributed by atoms with Crippen molar-refractivity contribution in [1.82, 2.24) is 9.97 Å². The Labute approximate surface area is 135 Å². The lowest BCUT2D eigenvalue weighted by Crippen LogP contribution is -2.34. The quantitative estimate of drug-likeness (QED) is 0.938. The number of fused-ring (bicyclic) bond motifs is 1. The second-order valence-corrected chi connectivity index (χ2v) is 6.09.